The lowest BCUT2D eigenvalue weighted by Gasteiger charge is -2.13. The fourth-order valence-electron chi connectivity index (χ4n) is 4.15. The highest BCUT2D eigenvalue weighted by Crippen LogP contribution is 2.31. The average Bonchev–Trinajstić information content (AvgIpc) is 3.16. The molecule has 1 fully saturated rings. The molecular weight excluding hydrogens is 488 g/mol. The molecule has 1 N–H and O–H groups in total. The van der Waals surface area contributed by atoms with E-state index >= 15 is 0 Å². The van der Waals surface area contributed by atoms with Gasteiger partial charge >= 0.3 is 6.03 Å². The molecule has 1 heterocycles. The van der Waals surface area contributed by atoms with Crippen LogP contribution in [-0.2, 0) is 17.9 Å². The number of imide groups is 1. The Labute approximate surface area is 220 Å². The van der Waals surface area contributed by atoms with Gasteiger partial charge in [0.25, 0.3) is 5.91 Å². The standard InChI is InChI=1S/C30H25ClN2O4/c1-2-36-28-17-21(10-14-27(28)37-19-22-7-11-23-5-3-4-6-24(23)15-22)16-26-29(34)33(30(35)32-26)18-20-8-12-25(31)13-9-20/h3-17H,2,18-19H2,1H3,(H,32,35)/b26-16-. The summed E-state index contributed by atoms with van der Waals surface area (Å²) in [4.78, 5) is 26.5. The van der Waals surface area contributed by atoms with E-state index in [9.17, 15) is 9.59 Å². The Morgan fingerprint density at radius 3 is 2.38 bits per heavy atom. The summed E-state index contributed by atoms with van der Waals surface area (Å²) in [5, 5.41) is 5.59. The molecule has 0 unspecified atom stereocenters. The van der Waals surface area contributed by atoms with E-state index in [0.29, 0.717) is 35.3 Å². The summed E-state index contributed by atoms with van der Waals surface area (Å²) in [7, 11) is 0. The van der Waals surface area contributed by atoms with Crippen LogP contribution in [0, 0.1) is 0 Å². The number of rotatable bonds is 8. The topological polar surface area (TPSA) is 67.9 Å². The van der Waals surface area contributed by atoms with Gasteiger partial charge in [0.2, 0.25) is 0 Å². The van der Waals surface area contributed by atoms with Crippen molar-refractivity contribution in [1.29, 1.82) is 0 Å². The molecule has 0 bridgehead atoms. The molecule has 3 amide bonds. The molecule has 186 valence electrons. The lowest BCUT2D eigenvalue weighted by atomic mass is 10.1. The molecule has 0 aromatic heterocycles. The van der Waals surface area contributed by atoms with Crippen molar-refractivity contribution in [3.8, 4) is 11.5 Å². The molecule has 0 aliphatic carbocycles. The maximum atomic E-state index is 12.9. The number of nitrogens with zero attached hydrogens (tertiary/aromatic N) is 1. The fourth-order valence-corrected chi connectivity index (χ4v) is 4.27. The molecule has 1 aliphatic heterocycles. The summed E-state index contributed by atoms with van der Waals surface area (Å²) >= 11 is 5.93. The van der Waals surface area contributed by atoms with Crippen LogP contribution in [0.5, 0.6) is 11.5 Å². The van der Waals surface area contributed by atoms with E-state index in [2.05, 4.69) is 29.6 Å². The van der Waals surface area contributed by atoms with Crippen LogP contribution in [-0.4, -0.2) is 23.4 Å². The fraction of sp³-hybridized carbons (Fsp3) is 0.133. The number of fused-ring (bicyclic) bond motifs is 1. The predicted molar refractivity (Wildman–Crippen MR) is 144 cm³/mol. The van der Waals surface area contributed by atoms with E-state index in [1.807, 2.05) is 37.3 Å². The monoisotopic (exact) mass is 512 g/mol. The summed E-state index contributed by atoms with van der Waals surface area (Å²) in [6, 6.07) is 26.4. The minimum absolute atomic E-state index is 0.158. The van der Waals surface area contributed by atoms with Crippen molar-refractivity contribution in [3.05, 3.63) is 112 Å². The van der Waals surface area contributed by atoms with Crippen molar-refractivity contribution in [3.63, 3.8) is 0 Å². The van der Waals surface area contributed by atoms with Gasteiger partial charge in [-0.05, 0) is 70.8 Å². The average molecular weight is 513 g/mol. The van der Waals surface area contributed by atoms with Crippen LogP contribution in [0.3, 0.4) is 0 Å². The molecule has 7 heteroatoms. The molecule has 5 rings (SSSR count). The Balaban J connectivity index is 1.31. The van der Waals surface area contributed by atoms with Crippen LogP contribution < -0.4 is 14.8 Å². The summed E-state index contributed by atoms with van der Waals surface area (Å²) < 4.78 is 11.9. The van der Waals surface area contributed by atoms with E-state index in [1.54, 1.807) is 36.4 Å². The normalized spacial score (nSPS) is 14.3. The third kappa shape index (κ3) is 5.60. The van der Waals surface area contributed by atoms with Crippen LogP contribution in [0.1, 0.15) is 23.6 Å². The third-order valence-corrected chi connectivity index (χ3v) is 6.26. The maximum absolute atomic E-state index is 12.9. The van der Waals surface area contributed by atoms with Gasteiger partial charge in [-0.1, -0.05) is 66.2 Å². The van der Waals surface area contributed by atoms with Crippen molar-refractivity contribution in [1.82, 2.24) is 10.2 Å². The Morgan fingerprint density at radius 2 is 1.59 bits per heavy atom. The second kappa shape index (κ2) is 10.8. The van der Waals surface area contributed by atoms with Crippen molar-refractivity contribution in [2.24, 2.45) is 0 Å². The largest absolute Gasteiger partial charge is 0.490 e. The molecule has 4 aromatic rings. The highest BCUT2D eigenvalue weighted by atomic mass is 35.5. The van der Waals surface area contributed by atoms with Gasteiger partial charge in [-0.15, -0.1) is 0 Å². The van der Waals surface area contributed by atoms with Crippen LogP contribution in [0.2, 0.25) is 5.02 Å². The number of benzene rings is 4. The number of carbonyl (C=O) groups is 2. The number of ether oxygens (including phenoxy) is 2. The quantitative estimate of drug-likeness (QED) is 0.214. The zero-order valence-electron chi connectivity index (χ0n) is 20.2. The van der Waals surface area contributed by atoms with Crippen LogP contribution in [0.25, 0.3) is 16.8 Å². The molecule has 1 saturated heterocycles. The molecule has 0 saturated carbocycles. The van der Waals surface area contributed by atoms with Crippen molar-refractivity contribution < 1.29 is 19.1 Å². The minimum atomic E-state index is -0.466. The first-order valence-corrected chi connectivity index (χ1v) is 12.3. The summed E-state index contributed by atoms with van der Waals surface area (Å²) in [5.74, 6) is 0.769. The summed E-state index contributed by atoms with van der Waals surface area (Å²) in [5.41, 5.74) is 2.76. The number of hydrogen-bond donors (Lipinski definition) is 1. The van der Waals surface area contributed by atoms with Gasteiger partial charge in [-0.2, -0.15) is 0 Å². The Hall–Kier alpha value is -4.29. The summed E-state index contributed by atoms with van der Waals surface area (Å²) in [6.45, 7) is 2.90. The Morgan fingerprint density at radius 1 is 0.838 bits per heavy atom. The van der Waals surface area contributed by atoms with Crippen molar-refractivity contribution in [2.75, 3.05) is 6.61 Å². The molecule has 37 heavy (non-hydrogen) atoms. The predicted octanol–water partition coefficient (Wildman–Crippen LogP) is 6.56. The molecule has 6 nitrogen and oxygen atoms in total. The highest BCUT2D eigenvalue weighted by molar-refractivity contribution is 6.30. The number of nitrogens with one attached hydrogen (secondary N) is 1. The minimum Gasteiger partial charge on any atom is -0.490 e. The second-order valence-corrected chi connectivity index (χ2v) is 9.05. The highest BCUT2D eigenvalue weighted by Gasteiger charge is 2.33. The van der Waals surface area contributed by atoms with Crippen LogP contribution >= 0.6 is 11.6 Å². The van der Waals surface area contributed by atoms with Crippen LogP contribution in [0.15, 0.2) is 90.6 Å². The van der Waals surface area contributed by atoms with Gasteiger partial charge in [0.15, 0.2) is 11.5 Å². The zero-order chi connectivity index (χ0) is 25.8. The second-order valence-electron chi connectivity index (χ2n) is 8.62. The number of amides is 3. The van der Waals surface area contributed by atoms with Crippen LogP contribution in [0.4, 0.5) is 4.79 Å². The number of urea groups is 1. The van der Waals surface area contributed by atoms with E-state index in [1.165, 1.54) is 10.3 Å². The molecule has 0 atom stereocenters. The van der Waals surface area contributed by atoms with Gasteiger partial charge in [-0.25, -0.2) is 4.79 Å². The molecule has 0 spiro atoms. The lowest BCUT2D eigenvalue weighted by molar-refractivity contribution is -0.123. The van der Waals surface area contributed by atoms with Crippen molar-refractivity contribution >= 4 is 40.4 Å². The molecule has 1 aliphatic rings. The number of hydrogen-bond acceptors (Lipinski definition) is 4. The van der Waals surface area contributed by atoms with Gasteiger partial charge in [0.1, 0.15) is 12.3 Å². The maximum Gasteiger partial charge on any atom is 0.329 e. The number of carbonyl (C=O) groups excluding carboxylic acids is 2. The number of halogens is 1. The van der Waals surface area contributed by atoms with Crippen molar-refractivity contribution in [2.45, 2.75) is 20.1 Å². The van der Waals surface area contributed by atoms with Gasteiger partial charge < -0.3 is 14.8 Å². The molecule has 4 aromatic carbocycles. The Kier molecular flexibility index (Phi) is 7.10. The van der Waals surface area contributed by atoms with E-state index in [-0.39, 0.29) is 12.2 Å². The summed E-state index contributed by atoms with van der Waals surface area (Å²) in [6.07, 6.45) is 1.64. The SMILES string of the molecule is CCOc1cc(/C=C2\NC(=O)N(Cc3ccc(Cl)cc3)C2=O)ccc1OCc1ccc2ccccc2c1. The van der Waals surface area contributed by atoms with E-state index in [4.69, 9.17) is 21.1 Å². The zero-order valence-corrected chi connectivity index (χ0v) is 21.0. The van der Waals surface area contributed by atoms with E-state index in [0.717, 1.165) is 16.5 Å². The van der Waals surface area contributed by atoms with Gasteiger partial charge in [-0.3, -0.25) is 9.69 Å². The third-order valence-electron chi connectivity index (χ3n) is 6.00. The first-order valence-electron chi connectivity index (χ1n) is 12.0. The Bertz CT molecular complexity index is 1500. The first-order chi connectivity index (χ1) is 18.0. The molecule has 0 radical (unpaired) electrons. The lowest BCUT2D eigenvalue weighted by Crippen LogP contribution is -2.30. The van der Waals surface area contributed by atoms with E-state index < -0.39 is 11.9 Å². The first kappa shape index (κ1) is 24.4. The van der Waals surface area contributed by atoms with Gasteiger partial charge in [0, 0.05) is 5.02 Å². The molecular formula is C30H25ClN2O4. The smallest absolute Gasteiger partial charge is 0.329 e. The van der Waals surface area contributed by atoms with Gasteiger partial charge in [0.05, 0.1) is 13.2 Å².